The minimum atomic E-state index is -0.285. The molecule has 1 amide bonds. The van der Waals surface area contributed by atoms with Crippen molar-refractivity contribution in [1.29, 1.82) is 0 Å². The second kappa shape index (κ2) is 6.29. The number of aromatic nitrogens is 2. The molecule has 0 N–H and O–H groups in total. The van der Waals surface area contributed by atoms with E-state index in [4.69, 9.17) is 4.74 Å². The molecule has 5 nitrogen and oxygen atoms in total. The Morgan fingerprint density at radius 1 is 1.20 bits per heavy atom. The van der Waals surface area contributed by atoms with Crippen LogP contribution in [0.1, 0.15) is 27.7 Å². The number of imidazole rings is 1. The molecular formula is C19H18FN3O2. The lowest BCUT2D eigenvalue weighted by atomic mass is 10.1. The first-order valence-corrected chi connectivity index (χ1v) is 8.22. The van der Waals surface area contributed by atoms with Gasteiger partial charge in [0.05, 0.1) is 13.2 Å². The van der Waals surface area contributed by atoms with Crippen molar-refractivity contribution in [3.05, 3.63) is 71.4 Å². The van der Waals surface area contributed by atoms with E-state index in [9.17, 15) is 9.18 Å². The lowest BCUT2D eigenvalue weighted by Gasteiger charge is -2.32. The van der Waals surface area contributed by atoms with Crippen molar-refractivity contribution in [2.24, 2.45) is 0 Å². The Kier molecular flexibility index (Phi) is 3.97. The predicted octanol–water partition coefficient (Wildman–Crippen LogP) is 3.00. The standard InChI is InChI=1S/C19H18FN3O2/c1-13-2-7-18-21-16(11-23(18)10-13)19(24)22-8-9-25-17(12-22)14-3-5-15(20)6-4-14/h2-7,10-11,17H,8-9,12H2,1H3/t17-/m0/s1. The van der Waals surface area contributed by atoms with Crippen LogP contribution in [0.3, 0.4) is 0 Å². The Bertz CT molecular complexity index is 920. The first-order valence-electron chi connectivity index (χ1n) is 8.22. The van der Waals surface area contributed by atoms with E-state index < -0.39 is 0 Å². The van der Waals surface area contributed by atoms with Gasteiger partial charge < -0.3 is 14.0 Å². The number of amides is 1. The van der Waals surface area contributed by atoms with Gasteiger partial charge in [-0.15, -0.1) is 0 Å². The van der Waals surface area contributed by atoms with Gasteiger partial charge in [0.25, 0.3) is 5.91 Å². The Morgan fingerprint density at radius 3 is 2.80 bits per heavy atom. The fraction of sp³-hybridized carbons (Fsp3) is 0.263. The zero-order chi connectivity index (χ0) is 17.4. The van der Waals surface area contributed by atoms with Crippen LogP contribution >= 0.6 is 0 Å². The van der Waals surface area contributed by atoms with Gasteiger partial charge in [0.1, 0.15) is 23.3 Å². The van der Waals surface area contributed by atoms with Gasteiger partial charge >= 0.3 is 0 Å². The Hall–Kier alpha value is -2.73. The first-order chi connectivity index (χ1) is 12.1. The molecule has 1 atom stereocenters. The highest BCUT2D eigenvalue weighted by Gasteiger charge is 2.27. The topological polar surface area (TPSA) is 46.8 Å². The molecule has 0 unspecified atom stereocenters. The van der Waals surface area contributed by atoms with E-state index in [-0.39, 0.29) is 17.8 Å². The number of rotatable bonds is 2. The molecule has 3 heterocycles. The van der Waals surface area contributed by atoms with Crippen LogP contribution in [-0.2, 0) is 4.74 Å². The summed E-state index contributed by atoms with van der Waals surface area (Å²) < 4.78 is 20.7. The first kappa shape index (κ1) is 15.8. The van der Waals surface area contributed by atoms with Crippen molar-refractivity contribution in [3.63, 3.8) is 0 Å². The third-order valence-corrected chi connectivity index (χ3v) is 4.41. The quantitative estimate of drug-likeness (QED) is 0.721. The largest absolute Gasteiger partial charge is 0.370 e. The van der Waals surface area contributed by atoms with Gasteiger partial charge in [-0.25, -0.2) is 9.37 Å². The highest BCUT2D eigenvalue weighted by Crippen LogP contribution is 2.23. The molecule has 1 aromatic carbocycles. The van der Waals surface area contributed by atoms with Gasteiger partial charge in [-0.2, -0.15) is 0 Å². The maximum Gasteiger partial charge on any atom is 0.274 e. The van der Waals surface area contributed by atoms with E-state index in [0.717, 1.165) is 16.8 Å². The summed E-state index contributed by atoms with van der Waals surface area (Å²) in [7, 11) is 0. The van der Waals surface area contributed by atoms with Gasteiger partial charge in [-0.05, 0) is 36.2 Å². The summed E-state index contributed by atoms with van der Waals surface area (Å²) >= 11 is 0. The minimum Gasteiger partial charge on any atom is -0.370 e. The number of nitrogens with zero attached hydrogens (tertiary/aromatic N) is 3. The highest BCUT2D eigenvalue weighted by molar-refractivity contribution is 5.93. The van der Waals surface area contributed by atoms with Crippen molar-refractivity contribution in [3.8, 4) is 0 Å². The van der Waals surface area contributed by atoms with Crippen LogP contribution in [0.15, 0.2) is 48.8 Å². The number of hydrogen-bond acceptors (Lipinski definition) is 3. The second-order valence-corrected chi connectivity index (χ2v) is 6.26. The summed E-state index contributed by atoms with van der Waals surface area (Å²) in [6.07, 6.45) is 3.45. The molecule has 1 aliphatic rings. The molecule has 0 saturated carbocycles. The molecule has 0 aliphatic carbocycles. The van der Waals surface area contributed by atoms with Crippen LogP contribution in [0.2, 0.25) is 0 Å². The van der Waals surface area contributed by atoms with E-state index in [1.807, 2.05) is 29.7 Å². The van der Waals surface area contributed by atoms with Gasteiger partial charge in [0.15, 0.2) is 0 Å². The number of benzene rings is 1. The lowest BCUT2D eigenvalue weighted by Crippen LogP contribution is -2.42. The molecular weight excluding hydrogens is 321 g/mol. The normalized spacial score (nSPS) is 17.8. The van der Waals surface area contributed by atoms with Crippen LogP contribution in [0.4, 0.5) is 4.39 Å². The maximum absolute atomic E-state index is 13.1. The van der Waals surface area contributed by atoms with Crippen molar-refractivity contribution >= 4 is 11.6 Å². The minimum absolute atomic E-state index is 0.114. The van der Waals surface area contributed by atoms with Crippen molar-refractivity contribution in [2.45, 2.75) is 13.0 Å². The summed E-state index contributed by atoms with van der Waals surface area (Å²) in [6.45, 7) is 3.39. The number of halogens is 1. The molecule has 1 saturated heterocycles. The van der Waals surface area contributed by atoms with E-state index in [0.29, 0.717) is 25.4 Å². The lowest BCUT2D eigenvalue weighted by molar-refractivity contribution is -0.0230. The molecule has 3 aromatic rings. The van der Waals surface area contributed by atoms with E-state index in [1.165, 1.54) is 12.1 Å². The average Bonchev–Trinajstić information content (AvgIpc) is 3.05. The molecule has 0 radical (unpaired) electrons. The molecule has 6 heteroatoms. The third-order valence-electron chi connectivity index (χ3n) is 4.41. The van der Waals surface area contributed by atoms with Crippen LogP contribution < -0.4 is 0 Å². The molecule has 1 aliphatic heterocycles. The number of hydrogen-bond donors (Lipinski definition) is 0. The average molecular weight is 339 g/mol. The summed E-state index contributed by atoms with van der Waals surface area (Å²) in [5, 5.41) is 0. The SMILES string of the molecule is Cc1ccc2nc(C(=O)N3CCO[C@H](c4ccc(F)cc4)C3)cn2c1. The molecule has 1 fully saturated rings. The van der Waals surface area contributed by atoms with Crippen LogP contribution in [0.5, 0.6) is 0 Å². The van der Waals surface area contributed by atoms with Crippen molar-refractivity contribution in [2.75, 3.05) is 19.7 Å². The zero-order valence-electron chi connectivity index (χ0n) is 13.9. The third kappa shape index (κ3) is 3.13. The Labute approximate surface area is 144 Å². The Balaban J connectivity index is 1.55. The van der Waals surface area contributed by atoms with Crippen molar-refractivity contribution in [1.82, 2.24) is 14.3 Å². The fourth-order valence-electron chi connectivity index (χ4n) is 3.08. The number of pyridine rings is 1. The number of aryl methyl sites for hydroxylation is 1. The van der Waals surface area contributed by atoms with Crippen molar-refractivity contribution < 1.29 is 13.9 Å². The van der Waals surface area contributed by atoms with Crippen LogP contribution in [0.25, 0.3) is 5.65 Å². The summed E-state index contributed by atoms with van der Waals surface area (Å²) in [5.41, 5.74) is 3.14. The van der Waals surface area contributed by atoms with E-state index in [2.05, 4.69) is 4.98 Å². The van der Waals surface area contributed by atoms with Gasteiger partial charge in [0, 0.05) is 18.9 Å². The van der Waals surface area contributed by atoms with Gasteiger partial charge in [-0.1, -0.05) is 18.2 Å². The van der Waals surface area contributed by atoms with E-state index in [1.54, 1.807) is 23.2 Å². The molecule has 25 heavy (non-hydrogen) atoms. The number of carbonyl (C=O) groups is 1. The molecule has 4 rings (SSSR count). The Morgan fingerprint density at radius 2 is 2.00 bits per heavy atom. The molecule has 128 valence electrons. The smallest absolute Gasteiger partial charge is 0.274 e. The summed E-state index contributed by atoms with van der Waals surface area (Å²) in [6, 6.07) is 10.1. The van der Waals surface area contributed by atoms with Crippen LogP contribution in [0, 0.1) is 12.7 Å². The predicted molar refractivity (Wildman–Crippen MR) is 90.9 cm³/mol. The molecule has 0 bridgehead atoms. The molecule has 2 aromatic heterocycles. The summed E-state index contributed by atoms with van der Waals surface area (Å²) in [5.74, 6) is -0.399. The maximum atomic E-state index is 13.1. The zero-order valence-corrected chi connectivity index (χ0v) is 13.9. The fourth-order valence-corrected chi connectivity index (χ4v) is 3.08. The van der Waals surface area contributed by atoms with Crippen LogP contribution in [-0.4, -0.2) is 39.9 Å². The number of ether oxygens (including phenoxy) is 1. The number of carbonyl (C=O) groups excluding carboxylic acids is 1. The van der Waals surface area contributed by atoms with Gasteiger partial charge in [-0.3, -0.25) is 4.79 Å². The number of morpholine rings is 1. The monoisotopic (exact) mass is 339 g/mol. The molecule has 0 spiro atoms. The van der Waals surface area contributed by atoms with E-state index >= 15 is 0 Å². The highest BCUT2D eigenvalue weighted by atomic mass is 19.1. The second-order valence-electron chi connectivity index (χ2n) is 6.26. The number of fused-ring (bicyclic) bond motifs is 1. The summed E-state index contributed by atoms with van der Waals surface area (Å²) in [4.78, 5) is 19.0. The van der Waals surface area contributed by atoms with Gasteiger partial charge in [0.2, 0.25) is 0 Å².